The van der Waals surface area contributed by atoms with Crippen molar-refractivity contribution in [3.05, 3.63) is 222 Å². The number of para-hydroxylation sites is 1. The lowest BCUT2D eigenvalue weighted by Gasteiger charge is -2.42. The Morgan fingerprint density at radius 1 is 0.667 bits per heavy atom. The molecule has 0 radical (unpaired) electrons. The Kier molecular flexibility index (Phi) is 12.6. The zero-order chi connectivity index (χ0) is 46.3. The maximum absolute atomic E-state index is 6.91. The van der Waals surface area contributed by atoms with E-state index in [-0.39, 0.29) is 24.3 Å². The van der Waals surface area contributed by atoms with E-state index in [0.717, 1.165) is 6.42 Å². The van der Waals surface area contributed by atoms with Crippen LogP contribution in [-0.4, -0.2) is 35.2 Å². The van der Waals surface area contributed by atoms with Crippen molar-refractivity contribution in [1.29, 1.82) is 0 Å². The van der Waals surface area contributed by atoms with Crippen LogP contribution in [0.1, 0.15) is 117 Å². The van der Waals surface area contributed by atoms with Crippen LogP contribution in [0.5, 0.6) is 0 Å². The molecule has 13 atom stereocenters. The van der Waals surface area contributed by atoms with Gasteiger partial charge in [-0.2, -0.15) is 0 Å². The van der Waals surface area contributed by atoms with Crippen LogP contribution in [0, 0.1) is 23.7 Å². The Labute approximate surface area is 412 Å². The number of benzene rings is 4. The van der Waals surface area contributed by atoms with Crippen molar-refractivity contribution in [3.63, 3.8) is 0 Å². The predicted octanol–water partition coefficient (Wildman–Crippen LogP) is 13.6. The summed E-state index contributed by atoms with van der Waals surface area (Å²) in [5.74, 6) is 3.11. The van der Waals surface area contributed by atoms with Gasteiger partial charge in [-0.05, 0) is 140 Å². The van der Waals surface area contributed by atoms with Crippen molar-refractivity contribution in [1.82, 2.24) is 15.5 Å². The zero-order valence-corrected chi connectivity index (χ0v) is 40.4. The van der Waals surface area contributed by atoms with E-state index in [1.165, 1.54) is 96.9 Å². The highest BCUT2D eigenvalue weighted by Gasteiger charge is 2.51. The Bertz CT molecular complexity index is 2740. The van der Waals surface area contributed by atoms with Gasteiger partial charge < -0.3 is 15.5 Å². The third-order valence-electron chi connectivity index (χ3n) is 17.6. The van der Waals surface area contributed by atoms with E-state index in [9.17, 15) is 0 Å². The minimum absolute atomic E-state index is 0.126. The van der Waals surface area contributed by atoms with Crippen LogP contribution in [0.4, 0.5) is 5.69 Å². The van der Waals surface area contributed by atoms with Gasteiger partial charge in [0.2, 0.25) is 0 Å². The standard InChI is InChI=1S/C64H71N5/c1-43(44-18-5-2-6-19-44)66-64(67-63(65)45-20-7-3-8-21-45)52-26-16-24-48(39-52)46-22-15-23-47(38-46)49-25-17-29-54(40-49)69-60-33-14-12-31-56(60)58-42-51(35-37-62(58)69)50-34-36-61-57(41-50)55-30-11-13-32-59(55)68(61)53-27-9-4-10-28-53/h2-9,11-16,18-20,22-24,26-27,30-33,35,37-39,42-43,45,49-50,54-55,57-59,61-64,66-67H,10,17,21,25,28-29,34,36,40-41,65H2,1H3. The van der Waals surface area contributed by atoms with E-state index < -0.39 is 0 Å². The summed E-state index contributed by atoms with van der Waals surface area (Å²) >= 11 is 0. The van der Waals surface area contributed by atoms with Crippen molar-refractivity contribution >= 4 is 5.69 Å². The van der Waals surface area contributed by atoms with E-state index in [2.05, 4.69) is 216 Å². The summed E-state index contributed by atoms with van der Waals surface area (Å²) in [5.41, 5.74) is 19.5. The lowest BCUT2D eigenvalue weighted by atomic mass is 9.69. The second-order valence-electron chi connectivity index (χ2n) is 21.5. The van der Waals surface area contributed by atoms with Crippen LogP contribution < -0.4 is 21.3 Å². The van der Waals surface area contributed by atoms with Crippen LogP contribution in [0.15, 0.2) is 199 Å². The minimum Gasteiger partial charge on any atom is -0.364 e. The minimum atomic E-state index is -0.191. The molecule has 8 aliphatic rings. The van der Waals surface area contributed by atoms with Gasteiger partial charge in [-0.25, -0.2) is 0 Å². The fraction of sp³-hybridized carbons (Fsp3) is 0.375. The van der Waals surface area contributed by atoms with Crippen LogP contribution in [0.2, 0.25) is 0 Å². The van der Waals surface area contributed by atoms with Gasteiger partial charge in [-0.1, -0.05) is 176 Å². The molecule has 13 unspecified atom stereocenters. The van der Waals surface area contributed by atoms with E-state index in [0.29, 0.717) is 53.8 Å². The van der Waals surface area contributed by atoms with Crippen molar-refractivity contribution in [2.24, 2.45) is 29.4 Å². The van der Waals surface area contributed by atoms with Crippen molar-refractivity contribution in [2.75, 3.05) is 4.90 Å². The molecule has 1 saturated heterocycles. The highest BCUT2D eigenvalue weighted by molar-refractivity contribution is 5.68. The first-order chi connectivity index (χ1) is 34.0. The molecule has 0 spiro atoms. The lowest BCUT2D eigenvalue weighted by molar-refractivity contribution is 0.177. The van der Waals surface area contributed by atoms with E-state index >= 15 is 0 Å². The molecule has 2 aliphatic heterocycles. The van der Waals surface area contributed by atoms with Gasteiger partial charge in [0.05, 0.1) is 24.4 Å². The third-order valence-corrected chi connectivity index (χ3v) is 17.6. The molecule has 69 heavy (non-hydrogen) atoms. The highest BCUT2D eigenvalue weighted by atomic mass is 15.2. The number of hydrogen-bond acceptors (Lipinski definition) is 5. The number of allylic oxidation sites excluding steroid dienone is 11. The molecule has 5 nitrogen and oxygen atoms in total. The van der Waals surface area contributed by atoms with Crippen molar-refractivity contribution in [3.8, 4) is 11.1 Å². The number of nitrogens with one attached hydrogen (secondary N) is 2. The normalized spacial score (nSPS) is 31.0. The van der Waals surface area contributed by atoms with Crippen LogP contribution >= 0.6 is 0 Å². The molecule has 4 aromatic carbocycles. The molecule has 0 aromatic heterocycles. The second kappa shape index (κ2) is 19.6. The topological polar surface area (TPSA) is 56.6 Å². The monoisotopic (exact) mass is 910 g/mol. The Morgan fingerprint density at radius 2 is 1.49 bits per heavy atom. The molecule has 3 fully saturated rings. The highest BCUT2D eigenvalue weighted by Crippen LogP contribution is 2.54. The summed E-state index contributed by atoms with van der Waals surface area (Å²) in [6.07, 6.45) is 45.1. The quantitative estimate of drug-likeness (QED) is 0.124. The molecule has 2 saturated carbocycles. The number of nitrogens with zero attached hydrogens (tertiary/aromatic N) is 2. The molecule has 6 aliphatic carbocycles. The van der Waals surface area contributed by atoms with Crippen LogP contribution in [0.25, 0.3) is 11.1 Å². The first-order valence-corrected chi connectivity index (χ1v) is 26.7. The summed E-state index contributed by atoms with van der Waals surface area (Å²) < 4.78 is 0. The lowest BCUT2D eigenvalue weighted by Crippen LogP contribution is -2.49. The first kappa shape index (κ1) is 44.5. The molecule has 5 heteroatoms. The molecule has 4 aromatic rings. The van der Waals surface area contributed by atoms with Crippen LogP contribution in [0.3, 0.4) is 0 Å². The third kappa shape index (κ3) is 8.81. The maximum Gasteiger partial charge on any atom is 0.0852 e. The number of fused-ring (bicyclic) bond motifs is 6. The predicted molar refractivity (Wildman–Crippen MR) is 286 cm³/mol. The largest absolute Gasteiger partial charge is 0.364 e. The smallest absolute Gasteiger partial charge is 0.0852 e. The summed E-state index contributed by atoms with van der Waals surface area (Å²) in [6.45, 7) is 2.24. The number of hydrogen-bond donors (Lipinski definition) is 3. The van der Waals surface area contributed by atoms with Gasteiger partial charge in [-0.15, -0.1) is 0 Å². The van der Waals surface area contributed by atoms with Gasteiger partial charge in [0.25, 0.3) is 0 Å². The Hall–Kier alpha value is -5.72. The van der Waals surface area contributed by atoms with Gasteiger partial charge >= 0.3 is 0 Å². The first-order valence-electron chi connectivity index (χ1n) is 26.7. The summed E-state index contributed by atoms with van der Waals surface area (Å²) in [4.78, 5) is 5.73. The number of likely N-dealkylation sites (tertiary alicyclic amines) is 1. The number of rotatable bonds is 12. The van der Waals surface area contributed by atoms with Gasteiger partial charge in [0.15, 0.2) is 0 Å². The SMILES string of the molecule is CC(NC(NC(N)C1C=CC=CC1)c1cccc(-c2cccc(C3CCCC(N4c5ccccc5C5C=C(C6CCC7C(C6)C6C=CC=CC6N7C6=CC=CCC6)C=CC54)C3)c2)c1)c1ccccc1. The number of anilines is 1. The van der Waals surface area contributed by atoms with Crippen molar-refractivity contribution in [2.45, 2.75) is 126 Å². The molecular formula is C64H71N5. The summed E-state index contributed by atoms with van der Waals surface area (Å²) in [5, 5.41) is 7.72. The fourth-order valence-corrected chi connectivity index (χ4v) is 14.2. The fourth-order valence-electron chi connectivity index (χ4n) is 14.2. The van der Waals surface area contributed by atoms with Gasteiger partial charge in [0, 0.05) is 47.3 Å². The molecule has 0 amide bonds. The number of nitrogens with two attached hydrogens (primary N) is 1. The molecule has 4 N–H and O–H groups in total. The van der Waals surface area contributed by atoms with E-state index in [1.54, 1.807) is 11.3 Å². The van der Waals surface area contributed by atoms with E-state index in [4.69, 9.17) is 5.73 Å². The summed E-state index contributed by atoms with van der Waals surface area (Å²) in [7, 11) is 0. The zero-order valence-electron chi connectivity index (χ0n) is 40.4. The van der Waals surface area contributed by atoms with Crippen molar-refractivity contribution < 1.29 is 0 Å². The molecular weight excluding hydrogens is 839 g/mol. The maximum atomic E-state index is 6.91. The molecule has 12 rings (SSSR count). The Morgan fingerprint density at radius 3 is 2.36 bits per heavy atom. The molecule has 352 valence electrons. The van der Waals surface area contributed by atoms with Gasteiger partial charge in [0.1, 0.15) is 0 Å². The summed E-state index contributed by atoms with van der Waals surface area (Å²) in [6, 6.07) is 40.9. The molecule has 0 bridgehead atoms. The van der Waals surface area contributed by atoms with E-state index in [1.807, 2.05) is 0 Å². The molecule has 2 heterocycles. The van der Waals surface area contributed by atoms with Gasteiger partial charge in [-0.3, -0.25) is 10.6 Å². The second-order valence-corrected chi connectivity index (χ2v) is 21.5. The van der Waals surface area contributed by atoms with Crippen LogP contribution in [-0.2, 0) is 0 Å². The Balaban J connectivity index is 0.761. The average Bonchev–Trinajstić information content (AvgIpc) is 3.94. The average molecular weight is 910 g/mol.